The molecule has 0 N–H and O–H groups in total. The molecule has 1 aliphatic carbocycles. The average molecular weight is 390 g/mol. The van der Waals surface area contributed by atoms with Crippen molar-refractivity contribution in [3.63, 3.8) is 0 Å². The first-order valence-corrected chi connectivity index (χ1v) is 10.5. The van der Waals surface area contributed by atoms with Crippen LogP contribution in [0.3, 0.4) is 0 Å². The second-order valence-electron chi connectivity index (χ2n) is 8.31. The van der Waals surface area contributed by atoms with E-state index in [1.54, 1.807) is 13.8 Å². The predicted molar refractivity (Wildman–Crippen MR) is 97.8 cm³/mol. The van der Waals surface area contributed by atoms with Crippen molar-refractivity contribution in [2.45, 2.75) is 51.9 Å². The number of carbonyl (C=O) groups is 4. The first kappa shape index (κ1) is 19.6. The monoisotopic (exact) mass is 390 g/mol. The maximum absolute atomic E-state index is 13.1. The van der Waals surface area contributed by atoms with Gasteiger partial charge in [-0.25, -0.2) is 8.42 Å². The van der Waals surface area contributed by atoms with E-state index in [2.05, 4.69) is 0 Å². The van der Waals surface area contributed by atoms with Crippen LogP contribution in [0.5, 0.6) is 0 Å². The molecule has 7 heteroatoms. The second kappa shape index (κ2) is 6.19. The molecule has 1 aliphatic heterocycles. The molecule has 0 amide bonds. The molecule has 144 valence electrons. The van der Waals surface area contributed by atoms with Crippen LogP contribution in [0.2, 0.25) is 0 Å². The molecule has 1 aromatic rings. The molecule has 1 aromatic carbocycles. The van der Waals surface area contributed by atoms with E-state index in [0.717, 1.165) is 0 Å². The molecule has 0 unspecified atom stereocenters. The molecule has 3 rings (SSSR count). The van der Waals surface area contributed by atoms with Gasteiger partial charge in [-0.2, -0.15) is 0 Å². The zero-order chi connectivity index (χ0) is 20.3. The Morgan fingerprint density at radius 3 is 2.19 bits per heavy atom. The summed E-state index contributed by atoms with van der Waals surface area (Å²) in [7, 11) is -3.60. The molecule has 2 aliphatic rings. The highest BCUT2D eigenvalue weighted by Crippen LogP contribution is 2.37. The van der Waals surface area contributed by atoms with Crippen LogP contribution in [0.25, 0.3) is 0 Å². The highest BCUT2D eigenvalue weighted by atomic mass is 32.2. The summed E-state index contributed by atoms with van der Waals surface area (Å²) in [6.45, 7) is 6.65. The third-order valence-electron chi connectivity index (χ3n) is 5.39. The quantitative estimate of drug-likeness (QED) is 0.568. The molecule has 6 nitrogen and oxygen atoms in total. The molecule has 0 saturated heterocycles. The normalized spacial score (nSPS) is 21.9. The fraction of sp³-hybridized carbons (Fsp3) is 0.500. The van der Waals surface area contributed by atoms with Crippen LogP contribution in [0.4, 0.5) is 0 Å². The molecule has 0 atom stereocenters. The number of hydrogen-bond donors (Lipinski definition) is 0. The van der Waals surface area contributed by atoms with Gasteiger partial charge in [0.05, 0.1) is 10.6 Å². The molecule has 0 radical (unpaired) electrons. The summed E-state index contributed by atoms with van der Waals surface area (Å²) in [5, 5.41) is 0. The number of carbonyl (C=O) groups excluding carboxylic acids is 4. The van der Waals surface area contributed by atoms with Crippen molar-refractivity contribution in [3.05, 3.63) is 28.3 Å². The van der Waals surface area contributed by atoms with Crippen LogP contribution >= 0.6 is 0 Å². The van der Waals surface area contributed by atoms with Crippen LogP contribution in [-0.4, -0.2) is 37.3 Å². The Bertz CT molecular complexity index is 993. The minimum absolute atomic E-state index is 0.0284. The van der Waals surface area contributed by atoms with E-state index in [4.69, 9.17) is 0 Å². The SMILES string of the molecule is Cc1cc(C(=O)C2C(=O)CC(C)(C)CC2=O)c(C)c2c1S(=O)(=O)CCC2=O. The van der Waals surface area contributed by atoms with Crippen LogP contribution in [0.15, 0.2) is 11.0 Å². The minimum Gasteiger partial charge on any atom is -0.298 e. The van der Waals surface area contributed by atoms with Crippen molar-refractivity contribution in [1.82, 2.24) is 0 Å². The van der Waals surface area contributed by atoms with Gasteiger partial charge in [-0.3, -0.25) is 19.2 Å². The highest BCUT2D eigenvalue weighted by molar-refractivity contribution is 7.91. The molecule has 27 heavy (non-hydrogen) atoms. The van der Waals surface area contributed by atoms with Gasteiger partial charge in [0.15, 0.2) is 33.0 Å². The molecule has 0 aromatic heterocycles. The van der Waals surface area contributed by atoms with Gasteiger partial charge in [0, 0.05) is 30.4 Å². The van der Waals surface area contributed by atoms with Crippen molar-refractivity contribution >= 4 is 33.0 Å². The molecular formula is C20H22O6S. The number of benzene rings is 1. The fourth-order valence-corrected chi connectivity index (χ4v) is 5.96. The first-order chi connectivity index (χ1) is 12.4. The highest BCUT2D eigenvalue weighted by Gasteiger charge is 2.44. The molecule has 1 heterocycles. The third kappa shape index (κ3) is 3.18. The Morgan fingerprint density at radius 1 is 1.07 bits per heavy atom. The largest absolute Gasteiger partial charge is 0.298 e. The van der Waals surface area contributed by atoms with E-state index < -0.39 is 38.5 Å². The Labute approximate surface area is 158 Å². The van der Waals surface area contributed by atoms with Gasteiger partial charge >= 0.3 is 0 Å². The zero-order valence-corrected chi connectivity index (χ0v) is 16.7. The molecule has 1 saturated carbocycles. The summed E-state index contributed by atoms with van der Waals surface area (Å²) in [5.41, 5.74) is 0.168. The number of hydrogen-bond acceptors (Lipinski definition) is 6. The van der Waals surface area contributed by atoms with Crippen molar-refractivity contribution < 1.29 is 27.6 Å². The summed E-state index contributed by atoms with van der Waals surface area (Å²) >= 11 is 0. The first-order valence-electron chi connectivity index (χ1n) is 8.85. The summed E-state index contributed by atoms with van der Waals surface area (Å²) < 4.78 is 24.8. The van der Waals surface area contributed by atoms with Crippen molar-refractivity contribution in [3.8, 4) is 0 Å². The number of aryl methyl sites for hydroxylation is 1. The van der Waals surface area contributed by atoms with E-state index in [1.165, 1.54) is 19.9 Å². The Hall–Kier alpha value is -2.15. The van der Waals surface area contributed by atoms with E-state index in [-0.39, 0.29) is 52.4 Å². The summed E-state index contributed by atoms with van der Waals surface area (Å²) in [4.78, 5) is 50.4. The smallest absolute Gasteiger partial charge is 0.181 e. The van der Waals surface area contributed by atoms with E-state index in [1.807, 2.05) is 0 Å². The minimum atomic E-state index is -3.60. The van der Waals surface area contributed by atoms with Crippen LogP contribution in [-0.2, 0) is 19.4 Å². The number of rotatable bonds is 2. The topological polar surface area (TPSA) is 102 Å². The van der Waals surface area contributed by atoms with Gasteiger partial charge in [0.25, 0.3) is 0 Å². The Kier molecular flexibility index (Phi) is 4.50. The number of ketones is 4. The summed E-state index contributed by atoms with van der Waals surface area (Å²) in [6.07, 6.45) is 0.125. The summed E-state index contributed by atoms with van der Waals surface area (Å²) in [6, 6.07) is 1.40. The van der Waals surface area contributed by atoms with Crippen molar-refractivity contribution in [1.29, 1.82) is 0 Å². The fourth-order valence-electron chi connectivity index (χ4n) is 4.18. The van der Waals surface area contributed by atoms with E-state index in [0.29, 0.717) is 5.56 Å². The van der Waals surface area contributed by atoms with Gasteiger partial charge < -0.3 is 0 Å². The van der Waals surface area contributed by atoms with Crippen LogP contribution in [0, 0.1) is 25.2 Å². The second-order valence-corrected chi connectivity index (χ2v) is 10.4. The lowest BCUT2D eigenvalue weighted by Gasteiger charge is -2.31. The average Bonchev–Trinajstić information content (AvgIpc) is 2.51. The molecule has 0 bridgehead atoms. The number of fused-ring (bicyclic) bond motifs is 1. The van der Waals surface area contributed by atoms with E-state index >= 15 is 0 Å². The lowest BCUT2D eigenvalue weighted by molar-refractivity contribution is -0.137. The third-order valence-corrected chi connectivity index (χ3v) is 7.28. The number of Topliss-reactive ketones (excluding diaryl/α,β-unsaturated/α-hetero) is 4. The van der Waals surface area contributed by atoms with Gasteiger partial charge in [-0.05, 0) is 36.5 Å². The summed E-state index contributed by atoms with van der Waals surface area (Å²) in [5.74, 6) is -3.44. The van der Waals surface area contributed by atoms with Crippen LogP contribution < -0.4 is 0 Å². The van der Waals surface area contributed by atoms with Crippen molar-refractivity contribution in [2.24, 2.45) is 11.3 Å². The van der Waals surface area contributed by atoms with Gasteiger partial charge in [-0.15, -0.1) is 0 Å². The Morgan fingerprint density at radius 2 is 1.63 bits per heavy atom. The molecule has 0 spiro atoms. The maximum atomic E-state index is 13.1. The standard InChI is InChI=1S/C20H22O6S/c1-10-7-12(11(2)16-13(21)5-6-27(25,26)19(10)16)18(24)17-14(22)8-20(3,4)9-15(17)23/h7,17H,5-6,8-9H2,1-4H3. The number of sulfone groups is 1. The Balaban J connectivity index is 2.14. The van der Waals surface area contributed by atoms with Crippen LogP contribution in [0.1, 0.15) is 65.0 Å². The molecule has 1 fully saturated rings. The van der Waals surface area contributed by atoms with E-state index in [9.17, 15) is 27.6 Å². The van der Waals surface area contributed by atoms with Gasteiger partial charge in [-0.1, -0.05) is 13.8 Å². The maximum Gasteiger partial charge on any atom is 0.181 e. The lowest BCUT2D eigenvalue weighted by Crippen LogP contribution is -2.42. The van der Waals surface area contributed by atoms with Crippen molar-refractivity contribution in [2.75, 3.05) is 5.75 Å². The van der Waals surface area contributed by atoms with Gasteiger partial charge in [0.1, 0.15) is 5.92 Å². The lowest BCUT2D eigenvalue weighted by atomic mass is 9.69. The zero-order valence-electron chi connectivity index (χ0n) is 15.8. The molecular weight excluding hydrogens is 368 g/mol. The van der Waals surface area contributed by atoms with Gasteiger partial charge in [0.2, 0.25) is 0 Å². The predicted octanol–water partition coefficient (Wildman–Crippen LogP) is 2.42.